The van der Waals surface area contributed by atoms with E-state index in [1.165, 1.54) is 0 Å². The van der Waals surface area contributed by atoms with Crippen molar-refractivity contribution in [3.8, 4) is 5.75 Å². The van der Waals surface area contributed by atoms with Crippen molar-refractivity contribution in [1.82, 2.24) is 5.32 Å². The van der Waals surface area contributed by atoms with Crippen LogP contribution in [0.2, 0.25) is 10.0 Å². The molecule has 0 heterocycles. The monoisotopic (exact) mass is 367 g/mol. The van der Waals surface area contributed by atoms with Crippen LogP contribution in [0.3, 0.4) is 0 Å². The predicted molar refractivity (Wildman–Crippen MR) is 95.9 cm³/mol. The number of ether oxygens (including phenoxy) is 1. The van der Waals surface area contributed by atoms with Crippen molar-refractivity contribution in [3.05, 3.63) is 63.6 Å². The molecule has 0 aliphatic carbocycles. The van der Waals surface area contributed by atoms with Gasteiger partial charge in [0.1, 0.15) is 12.4 Å². The minimum Gasteiger partial charge on any atom is -0.488 e. The highest BCUT2D eigenvalue weighted by atomic mass is 35.5. The Morgan fingerprint density at radius 2 is 2.00 bits per heavy atom. The molecule has 0 saturated heterocycles. The Balaban J connectivity index is 2.12. The maximum Gasteiger partial charge on any atom is 0.255 e. The first kappa shape index (κ1) is 18.6. The van der Waals surface area contributed by atoms with Gasteiger partial charge >= 0.3 is 0 Å². The van der Waals surface area contributed by atoms with Crippen LogP contribution in [-0.4, -0.2) is 23.7 Å². The van der Waals surface area contributed by atoms with Crippen molar-refractivity contribution >= 4 is 29.1 Å². The fraction of sp³-hybridized carbons (Fsp3) is 0.278. The van der Waals surface area contributed by atoms with Gasteiger partial charge in [0.15, 0.2) is 0 Å². The Labute approximate surface area is 151 Å². The lowest BCUT2D eigenvalue weighted by atomic mass is 10.1. The Morgan fingerprint density at radius 3 is 2.67 bits per heavy atom. The summed E-state index contributed by atoms with van der Waals surface area (Å²) in [6.45, 7) is 2.01. The lowest BCUT2D eigenvalue weighted by Crippen LogP contribution is -2.37. The van der Waals surface area contributed by atoms with Crippen LogP contribution in [0, 0.1) is 0 Å². The summed E-state index contributed by atoms with van der Waals surface area (Å²) in [7, 11) is 0. The van der Waals surface area contributed by atoms with E-state index in [9.17, 15) is 9.90 Å². The van der Waals surface area contributed by atoms with Crippen molar-refractivity contribution in [3.63, 3.8) is 0 Å². The average Bonchev–Trinajstić information content (AvgIpc) is 2.59. The zero-order chi connectivity index (χ0) is 17.5. The quantitative estimate of drug-likeness (QED) is 0.775. The number of benzene rings is 2. The molecule has 2 rings (SSSR count). The Kier molecular flexibility index (Phi) is 6.91. The van der Waals surface area contributed by atoms with Crippen molar-refractivity contribution in [2.24, 2.45) is 0 Å². The summed E-state index contributed by atoms with van der Waals surface area (Å²) < 4.78 is 5.76. The number of aliphatic hydroxyl groups excluding tert-OH is 1. The summed E-state index contributed by atoms with van der Waals surface area (Å²) in [4.78, 5) is 12.4. The largest absolute Gasteiger partial charge is 0.488 e. The number of hydrogen-bond donors (Lipinski definition) is 2. The second-order valence-electron chi connectivity index (χ2n) is 5.28. The standard InChI is InChI=1S/C18H19Cl2NO3/c1-2-14(10-22)21-18(23)15-5-3-4-6-17(15)24-11-12-7-8-13(19)9-16(12)20/h3-9,14,22H,2,10-11H2,1H3,(H,21,23)/t14-/m0/s1. The summed E-state index contributed by atoms with van der Waals surface area (Å²) in [5, 5.41) is 13.1. The highest BCUT2D eigenvalue weighted by molar-refractivity contribution is 6.35. The van der Waals surface area contributed by atoms with Gasteiger partial charge in [0.05, 0.1) is 18.2 Å². The zero-order valence-electron chi connectivity index (χ0n) is 13.3. The van der Waals surface area contributed by atoms with Crippen molar-refractivity contribution < 1.29 is 14.6 Å². The lowest BCUT2D eigenvalue weighted by molar-refractivity contribution is 0.0910. The maximum atomic E-state index is 12.4. The molecule has 0 fully saturated rings. The third-order valence-corrected chi connectivity index (χ3v) is 4.17. The molecule has 2 aromatic carbocycles. The van der Waals surface area contributed by atoms with Crippen LogP contribution in [0.5, 0.6) is 5.75 Å². The van der Waals surface area contributed by atoms with Crippen molar-refractivity contribution in [2.75, 3.05) is 6.61 Å². The second-order valence-corrected chi connectivity index (χ2v) is 6.13. The number of hydrogen-bond acceptors (Lipinski definition) is 3. The predicted octanol–water partition coefficient (Wildman–Crippen LogP) is 4.07. The number of carbonyl (C=O) groups excluding carboxylic acids is 1. The van der Waals surface area contributed by atoms with Crippen LogP contribution in [0.15, 0.2) is 42.5 Å². The van der Waals surface area contributed by atoms with E-state index >= 15 is 0 Å². The summed E-state index contributed by atoms with van der Waals surface area (Å²) in [6, 6.07) is 11.8. The van der Waals surface area contributed by atoms with E-state index in [1.807, 2.05) is 6.92 Å². The van der Waals surface area contributed by atoms with Gasteiger partial charge in [-0.15, -0.1) is 0 Å². The number of carbonyl (C=O) groups is 1. The van der Waals surface area contributed by atoms with Crippen molar-refractivity contribution in [1.29, 1.82) is 0 Å². The highest BCUT2D eigenvalue weighted by Crippen LogP contribution is 2.24. The molecular weight excluding hydrogens is 349 g/mol. The molecule has 0 spiro atoms. The summed E-state index contributed by atoms with van der Waals surface area (Å²) >= 11 is 12.0. The fourth-order valence-corrected chi connectivity index (χ4v) is 2.58. The molecule has 0 unspecified atom stereocenters. The molecular formula is C18H19Cl2NO3. The van der Waals surface area contributed by atoms with Crippen LogP contribution in [0.4, 0.5) is 0 Å². The van der Waals surface area contributed by atoms with Gasteiger partial charge in [-0.2, -0.15) is 0 Å². The van der Waals surface area contributed by atoms with Gasteiger partial charge < -0.3 is 15.2 Å². The molecule has 0 aliphatic heterocycles. The number of amides is 1. The number of halogens is 2. The molecule has 6 heteroatoms. The highest BCUT2D eigenvalue weighted by Gasteiger charge is 2.16. The van der Waals surface area contributed by atoms with Crippen molar-refractivity contribution in [2.45, 2.75) is 26.0 Å². The third kappa shape index (κ3) is 4.87. The molecule has 24 heavy (non-hydrogen) atoms. The summed E-state index contributed by atoms with van der Waals surface area (Å²) in [5.41, 5.74) is 1.19. The van der Waals surface area contributed by atoms with E-state index in [-0.39, 0.29) is 25.2 Å². The third-order valence-electron chi connectivity index (χ3n) is 3.58. The van der Waals surface area contributed by atoms with Gasteiger partial charge in [-0.25, -0.2) is 0 Å². The van der Waals surface area contributed by atoms with E-state index in [2.05, 4.69) is 5.32 Å². The number of nitrogens with one attached hydrogen (secondary N) is 1. The number of aliphatic hydroxyl groups is 1. The van der Waals surface area contributed by atoms with E-state index in [0.717, 1.165) is 5.56 Å². The van der Waals surface area contributed by atoms with E-state index in [4.69, 9.17) is 27.9 Å². The first-order valence-electron chi connectivity index (χ1n) is 7.62. The Bertz CT molecular complexity index is 702. The Hall–Kier alpha value is -1.75. The normalized spacial score (nSPS) is 11.8. The first-order chi connectivity index (χ1) is 11.5. The topological polar surface area (TPSA) is 58.6 Å². The molecule has 0 aliphatic rings. The minimum atomic E-state index is -0.284. The first-order valence-corrected chi connectivity index (χ1v) is 8.38. The molecule has 0 bridgehead atoms. The fourth-order valence-electron chi connectivity index (χ4n) is 2.11. The zero-order valence-corrected chi connectivity index (χ0v) is 14.8. The summed E-state index contributed by atoms with van der Waals surface area (Å²) in [6.07, 6.45) is 0.644. The van der Waals surface area contributed by atoms with Gasteiger partial charge in [0.25, 0.3) is 5.91 Å². The molecule has 0 saturated carbocycles. The summed E-state index contributed by atoms with van der Waals surface area (Å²) in [5.74, 6) is 0.169. The maximum absolute atomic E-state index is 12.4. The van der Waals surface area contributed by atoms with Gasteiger partial charge in [-0.3, -0.25) is 4.79 Å². The molecule has 4 nitrogen and oxygen atoms in total. The lowest BCUT2D eigenvalue weighted by Gasteiger charge is -2.16. The van der Waals surface area contributed by atoms with Gasteiger partial charge in [-0.05, 0) is 30.7 Å². The molecule has 2 N–H and O–H groups in total. The van der Waals surface area contributed by atoms with E-state index in [0.29, 0.717) is 27.8 Å². The molecule has 1 amide bonds. The Morgan fingerprint density at radius 1 is 1.25 bits per heavy atom. The SMILES string of the molecule is CC[C@@H](CO)NC(=O)c1ccccc1OCc1ccc(Cl)cc1Cl. The van der Waals surface area contributed by atoms with E-state index in [1.54, 1.807) is 42.5 Å². The molecule has 128 valence electrons. The molecule has 0 radical (unpaired) electrons. The molecule has 2 aromatic rings. The van der Waals surface area contributed by atoms with Crippen LogP contribution < -0.4 is 10.1 Å². The van der Waals surface area contributed by atoms with Gasteiger partial charge in [0.2, 0.25) is 0 Å². The van der Waals surface area contributed by atoms with Crippen LogP contribution >= 0.6 is 23.2 Å². The smallest absolute Gasteiger partial charge is 0.255 e. The number of para-hydroxylation sites is 1. The van der Waals surface area contributed by atoms with Gasteiger partial charge in [0, 0.05) is 15.6 Å². The van der Waals surface area contributed by atoms with Crippen LogP contribution in [-0.2, 0) is 6.61 Å². The van der Waals surface area contributed by atoms with Gasteiger partial charge in [-0.1, -0.05) is 48.3 Å². The average molecular weight is 368 g/mol. The second kappa shape index (κ2) is 8.92. The van der Waals surface area contributed by atoms with Crippen LogP contribution in [0.25, 0.3) is 0 Å². The molecule has 0 aromatic heterocycles. The van der Waals surface area contributed by atoms with Crippen LogP contribution in [0.1, 0.15) is 29.3 Å². The van der Waals surface area contributed by atoms with E-state index < -0.39 is 0 Å². The minimum absolute atomic E-state index is 0.106. The number of rotatable bonds is 7. The molecule has 1 atom stereocenters.